The second kappa shape index (κ2) is 14.7. The van der Waals surface area contributed by atoms with Gasteiger partial charge in [0.2, 0.25) is 0 Å². The van der Waals surface area contributed by atoms with Gasteiger partial charge in [-0.1, -0.05) is 176 Å². The fourth-order valence-corrected chi connectivity index (χ4v) is 9.11. The van der Waals surface area contributed by atoms with Crippen LogP contribution < -0.4 is 0 Å². The first-order valence-corrected chi connectivity index (χ1v) is 20.9. The average Bonchev–Trinajstić information content (AvgIpc) is 3.88. The van der Waals surface area contributed by atoms with E-state index in [-0.39, 0.29) is 0 Å². The Labute approximate surface area is 358 Å². The summed E-state index contributed by atoms with van der Waals surface area (Å²) in [4.78, 5) is 14.9. The number of hydrogen-bond acceptors (Lipinski definition) is 3. The highest BCUT2D eigenvalue weighted by atomic mass is 15.0. The van der Waals surface area contributed by atoms with E-state index in [1.807, 2.05) is 60.7 Å². The Bertz CT molecular complexity index is 3510. The third-order valence-electron chi connectivity index (χ3n) is 12.0. The van der Waals surface area contributed by atoms with E-state index in [1.165, 1.54) is 49.2 Å². The van der Waals surface area contributed by atoms with Gasteiger partial charge in [-0.25, -0.2) is 15.0 Å². The zero-order chi connectivity index (χ0) is 41.0. The minimum absolute atomic E-state index is 0.635. The molecule has 290 valence electrons. The predicted molar refractivity (Wildman–Crippen MR) is 256 cm³/mol. The van der Waals surface area contributed by atoms with Crippen LogP contribution in [0.1, 0.15) is 0 Å². The van der Waals surface area contributed by atoms with Gasteiger partial charge in [0.1, 0.15) is 0 Å². The highest BCUT2D eigenvalue weighted by Gasteiger charge is 2.19. The molecule has 0 fully saturated rings. The third kappa shape index (κ3) is 5.98. The van der Waals surface area contributed by atoms with E-state index < -0.39 is 0 Å². The van der Waals surface area contributed by atoms with E-state index in [9.17, 15) is 0 Å². The minimum Gasteiger partial charge on any atom is -0.309 e. The first-order chi connectivity index (χ1) is 30.7. The lowest BCUT2D eigenvalue weighted by atomic mass is 10.0. The quantitative estimate of drug-likeness (QED) is 0.162. The maximum absolute atomic E-state index is 4.99. The molecule has 3 aromatic heterocycles. The van der Waals surface area contributed by atoms with Crippen molar-refractivity contribution in [3.05, 3.63) is 224 Å². The molecule has 0 atom stereocenters. The van der Waals surface area contributed by atoms with E-state index >= 15 is 0 Å². The van der Waals surface area contributed by atoms with Gasteiger partial charge in [0.05, 0.1) is 22.1 Å². The van der Waals surface area contributed by atoms with Crippen molar-refractivity contribution in [1.82, 2.24) is 24.1 Å². The van der Waals surface area contributed by atoms with Crippen molar-refractivity contribution in [2.24, 2.45) is 0 Å². The molecule has 5 heteroatoms. The molecular weight excluding hydrogens is 755 g/mol. The molecule has 5 nitrogen and oxygen atoms in total. The molecule has 0 bridgehead atoms. The van der Waals surface area contributed by atoms with Crippen LogP contribution in [0.3, 0.4) is 0 Å². The maximum Gasteiger partial charge on any atom is 0.164 e. The molecule has 0 N–H and O–H groups in total. The van der Waals surface area contributed by atoms with Gasteiger partial charge in [0.25, 0.3) is 0 Å². The second-order valence-corrected chi connectivity index (χ2v) is 15.6. The number of para-hydroxylation sites is 4. The summed E-state index contributed by atoms with van der Waals surface area (Å²) in [6.07, 6.45) is 0. The smallest absolute Gasteiger partial charge is 0.164 e. The molecule has 62 heavy (non-hydrogen) atoms. The van der Waals surface area contributed by atoms with E-state index in [0.29, 0.717) is 17.5 Å². The number of fused-ring (bicyclic) bond motifs is 6. The molecule has 0 aliphatic rings. The highest BCUT2D eigenvalue weighted by molar-refractivity contribution is 6.14. The summed E-state index contributed by atoms with van der Waals surface area (Å²) < 4.78 is 4.82. The first kappa shape index (κ1) is 35.5. The standard InChI is InChI=1S/C57H37N5/c1-3-16-39(17-4-1)55-58-56(40-18-5-2-6-19-40)60-57(59-55)43-22-13-20-41(36-43)38-32-34-44(35-33-38)62-53-31-12-9-26-49(53)50-28-15-27-46(54(50)62)42-21-14-23-45(37-42)61-51-29-10-7-24-47(51)48-25-8-11-30-52(48)61/h1-37H. The summed E-state index contributed by atoms with van der Waals surface area (Å²) in [5.74, 6) is 1.93. The van der Waals surface area contributed by atoms with Crippen LogP contribution in [0.2, 0.25) is 0 Å². The lowest BCUT2D eigenvalue weighted by molar-refractivity contribution is 1.07. The Hall–Kier alpha value is -8.41. The molecular formula is C57H37N5. The van der Waals surface area contributed by atoms with Crippen molar-refractivity contribution in [3.8, 4) is 67.8 Å². The Morgan fingerprint density at radius 2 is 0.710 bits per heavy atom. The van der Waals surface area contributed by atoms with Crippen LogP contribution in [-0.4, -0.2) is 24.1 Å². The molecule has 0 saturated heterocycles. The molecule has 12 aromatic rings. The molecule has 0 unspecified atom stereocenters. The normalized spacial score (nSPS) is 11.5. The summed E-state index contributed by atoms with van der Waals surface area (Å²) >= 11 is 0. The monoisotopic (exact) mass is 791 g/mol. The predicted octanol–water partition coefficient (Wildman–Crippen LogP) is 14.4. The van der Waals surface area contributed by atoms with Crippen LogP contribution in [-0.2, 0) is 0 Å². The molecule has 0 saturated carbocycles. The van der Waals surface area contributed by atoms with Crippen molar-refractivity contribution in [3.63, 3.8) is 0 Å². The number of hydrogen-bond donors (Lipinski definition) is 0. The summed E-state index contributed by atoms with van der Waals surface area (Å²) in [5, 5.41) is 4.96. The zero-order valence-electron chi connectivity index (χ0n) is 33.6. The fourth-order valence-electron chi connectivity index (χ4n) is 9.11. The Morgan fingerprint density at radius 1 is 0.258 bits per heavy atom. The van der Waals surface area contributed by atoms with E-state index in [0.717, 1.165) is 44.8 Å². The lowest BCUT2D eigenvalue weighted by Gasteiger charge is -2.14. The van der Waals surface area contributed by atoms with Crippen molar-refractivity contribution in [1.29, 1.82) is 0 Å². The topological polar surface area (TPSA) is 48.5 Å². The number of benzene rings is 9. The van der Waals surface area contributed by atoms with Crippen LogP contribution in [0, 0.1) is 0 Å². The Kier molecular flexibility index (Phi) is 8.42. The molecule has 0 spiro atoms. The van der Waals surface area contributed by atoms with Gasteiger partial charge in [0.15, 0.2) is 17.5 Å². The second-order valence-electron chi connectivity index (χ2n) is 15.6. The SMILES string of the molecule is c1ccc(-c2nc(-c3ccccc3)nc(-c3cccc(-c4ccc(-n5c6ccccc6c6cccc(-c7cccc(-n8c9ccccc9c9ccccc98)c7)c65)cc4)c3)n2)cc1. The third-order valence-corrected chi connectivity index (χ3v) is 12.0. The highest BCUT2D eigenvalue weighted by Crippen LogP contribution is 2.40. The van der Waals surface area contributed by atoms with Gasteiger partial charge in [-0.05, 0) is 65.2 Å². The van der Waals surface area contributed by atoms with Crippen LogP contribution in [0.15, 0.2) is 224 Å². The molecule has 0 radical (unpaired) electrons. The Morgan fingerprint density at radius 3 is 1.34 bits per heavy atom. The van der Waals surface area contributed by atoms with Crippen molar-refractivity contribution in [2.45, 2.75) is 0 Å². The number of nitrogens with zero attached hydrogens (tertiary/aromatic N) is 5. The van der Waals surface area contributed by atoms with Crippen molar-refractivity contribution in [2.75, 3.05) is 0 Å². The van der Waals surface area contributed by atoms with Crippen LogP contribution in [0.4, 0.5) is 0 Å². The van der Waals surface area contributed by atoms with Crippen LogP contribution in [0.25, 0.3) is 111 Å². The van der Waals surface area contributed by atoms with Crippen molar-refractivity contribution < 1.29 is 0 Å². The summed E-state index contributed by atoms with van der Waals surface area (Å²) in [7, 11) is 0. The van der Waals surface area contributed by atoms with E-state index in [1.54, 1.807) is 0 Å². The number of aromatic nitrogens is 5. The Balaban J connectivity index is 0.958. The van der Waals surface area contributed by atoms with Crippen molar-refractivity contribution >= 4 is 43.6 Å². The lowest BCUT2D eigenvalue weighted by Crippen LogP contribution is -2.00. The van der Waals surface area contributed by atoms with Crippen LogP contribution >= 0.6 is 0 Å². The minimum atomic E-state index is 0.635. The maximum atomic E-state index is 4.99. The van der Waals surface area contributed by atoms with Gasteiger partial charge < -0.3 is 9.13 Å². The van der Waals surface area contributed by atoms with Gasteiger partial charge in [-0.3, -0.25) is 0 Å². The molecule has 3 heterocycles. The molecule has 12 rings (SSSR count). The molecule has 0 aliphatic heterocycles. The summed E-state index contributed by atoms with van der Waals surface area (Å²) in [6.45, 7) is 0. The van der Waals surface area contributed by atoms with Gasteiger partial charge in [-0.15, -0.1) is 0 Å². The summed E-state index contributed by atoms with van der Waals surface area (Å²) in [5.41, 5.74) is 14.3. The zero-order valence-corrected chi connectivity index (χ0v) is 33.6. The summed E-state index contributed by atoms with van der Waals surface area (Å²) in [6, 6.07) is 79.4. The van der Waals surface area contributed by atoms with E-state index in [4.69, 9.17) is 15.0 Å². The first-order valence-electron chi connectivity index (χ1n) is 20.9. The molecule has 0 amide bonds. The fraction of sp³-hybridized carbons (Fsp3) is 0. The van der Waals surface area contributed by atoms with Crippen LogP contribution in [0.5, 0.6) is 0 Å². The number of rotatable bonds is 7. The average molecular weight is 792 g/mol. The van der Waals surface area contributed by atoms with Gasteiger partial charge in [0, 0.05) is 55.2 Å². The van der Waals surface area contributed by atoms with Gasteiger partial charge in [-0.2, -0.15) is 0 Å². The molecule has 0 aliphatic carbocycles. The largest absolute Gasteiger partial charge is 0.309 e. The van der Waals surface area contributed by atoms with E-state index in [2.05, 4.69) is 173 Å². The molecule has 9 aromatic carbocycles. The van der Waals surface area contributed by atoms with Gasteiger partial charge >= 0.3 is 0 Å².